The van der Waals surface area contributed by atoms with Gasteiger partial charge in [-0.1, -0.05) is 48.5 Å². The van der Waals surface area contributed by atoms with Crippen LogP contribution in [0, 0.1) is 0 Å². The summed E-state index contributed by atoms with van der Waals surface area (Å²) >= 11 is 0. The second-order valence-corrected chi connectivity index (χ2v) is 6.22. The van der Waals surface area contributed by atoms with Gasteiger partial charge in [0.2, 0.25) is 0 Å². The molecule has 0 radical (unpaired) electrons. The van der Waals surface area contributed by atoms with Crippen LogP contribution < -0.4 is 4.74 Å². The number of para-hydroxylation sites is 1. The van der Waals surface area contributed by atoms with E-state index in [-0.39, 0.29) is 12.5 Å². The van der Waals surface area contributed by atoms with Crippen LogP contribution in [0.3, 0.4) is 0 Å². The van der Waals surface area contributed by atoms with E-state index in [1.807, 2.05) is 54.6 Å². The fraction of sp³-hybridized carbons (Fsp3) is 0.238. The van der Waals surface area contributed by atoms with Gasteiger partial charge in [-0.2, -0.15) is 0 Å². The van der Waals surface area contributed by atoms with Gasteiger partial charge in [0.15, 0.2) is 6.10 Å². The molecule has 1 heterocycles. The summed E-state index contributed by atoms with van der Waals surface area (Å²) in [6.45, 7) is 2.18. The Morgan fingerprint density at radius 2 is 1.81 bits per heavy atom. The van der Waals surface area contributed by atoms with E-state index in [1.165, 1.54) is 0 Å². The van der Waals surface area contributed by atoms with Gasteiger partial charge in [-0.25, -0.2) is 4.79 Å². The molecule has 0 unspecified atom stereocenters. The second kappa shape index (κ2) is 7.87. The molecule has 0 saturated heterocycles. The van der Waals surface area contributed by atoms with Crippen LogP contribution in [0.25, 0.3) is 6.08 Å². The maximum absolute atomic E-state index is 12.5. The number of fused-ring (bicyclic) bond motifs is 1. The van der Waals surface area contributed by atoms with Crippen molar-refractivity contribution in [3.63, 3.8) is 0 Å². The summed E-state index contributed by atoms with van der Waals surface area (Å²) in [5.41, 5.74) is 2.24. The zero-order chi connectivity index (χ0) is 18.5. The van der Waals surface area contributed by atoms with Gasteiger partial charge >= 0.3 is 5.97 Å². The molecule has 0 spiro atoms. The molecule has 0 N–H and O–H groups in total. The summed E-state index contributed by atoms with van der Waals surface area (Å²) in [6, 6.07) is 17.1. The lowest BCUT2D eigenvalue weighted by atomic mass is 10.1. The molecule has 5 heteroatoms. The minimum Gasteiger partial charge on any atom is -0.488 e. The molecule has 5 nitrogen and oxygen atoms in total. The summed E-state index contributed by atoms with van der Waals surface area (Å²) in [5, 5.41) is 0. The van der Waals surface area contributed by atoms with Crippen LogP contribution in [-0.2, 0) is 20.9 Å². The van der Waals surface area contributed by atoms with Gasteiger partial charge < -0.3 is 14.4 Å². The number of ether oxygens (including phenoxy) is 2. The maximum atomic E-state index is 12.5. The zero-order valence-corrected chi connectivity index (χ0v) is 14.8. The zero-order valence-electron chi connectivity index (χ0n) is 14.8. The van der Waals surface area contributed by atoms with Gasteiger partial charge in [0.25, 0.3) is 5.91 Å². The highest BCUT2D eigenvalue weighted by Crippen LogP contribution is 2.26. The normalized spacial score (nSPS) is 13.7. The van der Waals surface area contributed by atoms with Crippen LogP contribution in [0.2, 0.25) is 0 Å². The Morgan fingerprint density at radius 1 is 1.12 bits per heavy atom. The fourth-order valence-corrected chi connectivity index (χ4v) is 2.77. The number of benzene rings is 2. The number of hydrogen-bond donors (Lipinski definition) is 0. The largest absolute Gasteiger partial charge is 0.488 e. The first kappa shape index (κ1) is 17.7. The monoisotopic (exact) mass is 351 g/mol. The molecule has 0 bridgehead atoms. The number of hydrogen-bond acceptors (Lipinski definition) is 4. The molecule has 134 valence electrons. The molecular weight excluding hydrogens is 330 g/mol. The maximum Gasteiger partial charge on any atom is 0.338 e. The van der Waals surface area contributed by atoms with Gasteiger partial charge in [-0.15, -0.1) is 0 Å². The molecule has 0 fully saturated rings. The quantitative estimate of drug-likeness (QED) is 0.777. The topological polar surface area (TPSA) is 55.8 Å². The number of amides is 1. The van der Waals surface area contributed by atoms with Crippen molar-refractivity contribution in [2.45, 2.75) is 19.6 Å². The minimum absolute atomic E-state index is 0.136. The van der Waals surface area contributed by atoms with Gasteiger partial charge in [0, 0.05) is 19.2 Å². The Kier molecular flexibility index (Phi) is 5.37. The lowest BCUT2D eigenvalue weighted by molar-refractivity contribution is -0.155. The Hall–Kier alpha value is -3.08. The number of nitrogens with zero attached hydrogens (tertiary/aromatic N) is 1. The van der Waals surface area contributed by atoms with Crippen molar-refractivity contribution in [2.75, 3.05) is 13.7 Å². The summed E-state index contributed by atoms with van der Waals surface area (Å²) in [7, 11) is 1.69. The summed E-state index contributed by atoms with van der Waals surface area (Å²) in [6.07, 6.45) is 0.876. The first-order valence-electron chi connectivity index (χ1n) is 8.47. The summed E-state index contributed by atoms with van der Waals surface area (Å²) in [5.74, 6) is -0.0517. The van der Waals surface area contributed by atoms with Crippen LogP contribution >= 0.6 is 0 Å². The number of esters is 1. The van der Waals surface area contributed by atoms with Gasteiger partial charge in [-0.3, -0.25) is 4.79 Å². The van der Waals surface area contributed by atoms with Crippen LogP contribution in [-0.4, -0.2) is 36.5 Å². The Morgan fingerprint density at radius 3 is 2.58 bits per heavy atom. The average molecular weight is 351 g/mol. The first-order chi connectivity index (χ1) is 12.5. The van der Waals surface area contributed by atoms with E-state index >= 15 is 0 Å². The molecule has 1 amide bonds. The highest BCUT2D eigenvalue weighted by atomic mass is 16.6. The van der Waals surface area contributed by atoms with E-state index in [2.05, 4.69) is 0 Å². The highest BCUT2D eigenvalue weighted by molar-refractivity contribution is 5.96. The number of rotatable bonds is 5. The predicted octanol–water partition coefficient (Wildman–Crippen LogP) is 3.05. The molecule has 2 aromatic carbocycles. The lowest BCUT2D eigenvalue weighted by Gasteiger charge is -2.23. The molecule has 1 aliphatic heterocycles. The lowest BCUT2D eigenvalue weighted by Crippen LogP contribution is -2.37. The van der Waals surface area contributed by atoms with E-state index in [1.54, 1.807) is 24.9 Å². The smallest absolute Gasteiger partial charge is 0.338 e. The van der Waals surface area contributed by atoms with Crippen LogP contribution in [0.1, 0.15) is 18.1 Å². The first-order valence-corrected chi connectivity index (χ1v) is 8.47. The third-order valence-electron chi connectivity index (χ3n) is 4.16. The molecule has 0 aromatic heterocycles. The SMILES string of the molecule is C[C@@H](OC(=O)C1=Cc2ccccc2OC1)C(=O)N(C)Cc1ccccc1. The Balaban J connectivity index is 1.60. The summed E-state index contributed by atoms with van der Waals surface area (Å²) < 4.78 is 10.9. The molecule has 2 aromatic rings. The third-order valence-corrected chi connectivity index (χ3v) is 4.16. The molecule has 1 atom stereocenters. The molecule has 1 aliphatic rings. The number of carbonyl (C=O) groups excluding carboxylic acids is 2. The van der Waals surface area contributed by atoms with Crippen molar-refractivity contribution in [3.05, 3.63) is 71.3 Å². The minimum atomic E-state index is -0.866. The third kappa shape index (κ3) is 4.11. The van der Waals surface area contributed by atoms with Crippen molar-refractivity contribution in [1.29, 1.82) is 0 Å². The standard InChI is InChI=1S/C21H21NO4/c1-15(20(23)22(2)13-16-8-4-3-5-9-16)26-21(24)18-12-17-10-6-7-11-19(17)25-14-18/h3-12,15H,13-14H2,1-2H3/t15-/m1/s1. The van der Waals surface area contributed by atoms with Crippen LogP contribution in [0.4, 0.5) is 0 Å². The van der Waals surface area contributed by atoms with E-state index in [4.69, 9.17) is 9.47 Å². The Labute approximate surface area is 152 Å². The second-order valence-electron chi connectivity index (χ2n) is 6.22. The van der Waals surface area contributed by atoms with Crippen molar-refractivity contribution in [2.24, 2.45) is 0 Å². The predicted molar refractivity (Wildman–Crippen MR) is 98.4 cm³/mol. The van der Waals surface area contributed by atoms with E-state index in [0.29, 0.717) is 12.1 Å². The molecule has 0 saturated carbocycles. The molecular formula is C21H21NO4. The fourth-order valence-electron chi connectivity index (χ4n) is 2.77. The van der Waals surface area contributed by atoms with Crippen LogP contribution in [0.15, 0.2) is 60.2 Å². The van der Waals surface area contributed by atoms with Gasteiger partial charge in [0.1, 0.15) is 12.4 Å². The highest BCUT2D eigenvalue weighted by Gasteiger charge is 2.25. The van der Waals surface area contributed by atoms with Crippen molar-refractivity contribution < 1.29 is 19.1 Å². The van der Waals surface area contributed by atoms with Gasteiger partial charge in [-0.05, 0) is 24.6 Å². The molecule has 3 rings (SSSR count). The average Bonchev–Trinajstić information content (AvgIpc) is 2.67. The number of carbonyl (C=O) groups is 2. The molecule has 26 heavy (non-hydrogen) atoms. The van der Waals surface area contributed by atoms with Crippen molar-refractivity contribution in [1.82, 2.24) is 4.90 Å². The van der Waals surface area contributed by atoms with Crippen molar-refractivity contribution in [3.8, 4) is 5.75 Å². The van der Waals surface area contributed by atoms with Gasteiger partial charge in [0.05, 0.1) is 5.57 Å². The molecule has 0 aliphatic carbocycles. The van der Waals surface area contributed by atoms with E-state index < -0.39 is 12.1 Å². The van der Waals surface area contributed by atoms with Crippen LogP contribution in [0.5, 0.6) is 5.75 Å². The van der Waals surface area contributed by atoms with E-state index in [0.717, 1.165) is 16.9 Å². The number of likely N-dealkylation sites (N-methyl/N-ethyl adjacent to an activating group) is 1. The van der Waals surface area contributed by atoms with E-state index in [9.17, 15) is 9.59 Å². The van der Waals surface area contributed by atoms with Crippen molar-refractivity contribution >= 4 is 18.0 Å². The Bertz CT molecular complexity index is 829. The summed E-state index contributed by atoms with van der Waals surface area (Å²) in [4.78, 5) is 26.4.